The fourth-order valence-electron chi connectivity index (χ4n) is 1.91. The number of hydrogen-bond donors (Lipinski definition) is 1. The van der Waals surface area contributed by atoms with Crippen molar-refractivity contribution in [1.29, 1.82) is 0 Å². The monoisotopic (exact) mass is 271 g/mol. The molecule has 0 aromatic carbocycles. The number of rotatable bonds is 5. The molecule has 1 unspecified atom stereocenters. The smallest absolute Gasteiger partial charge is 0.321 e. The van der Waals surface area contributed by atoms with Gasteiger partial charge < -0.3 is 9.63 Å². The molecular formula is C11H17N3O3S. The summed E-state index contributed by atoms with van der Waals surface area (Å²) in [7, 11) is 0. The average molecular weight is 271 g/mol. The number of carbonyl (C=O) groups is 1. The molecule has 1 aliphatic heterocycles. The number of hydrogen-bond acceptors (Lipinski definition) is 6. The van der Waals surface area contributed by atoms with Crippen LogP contribution in [-0.4, -0.2) is 50.2 Å². The van der Waals surface area contributed by atoms with Crippen LogP contribution in [0.1, 0.15) is 25.1 Å². The first-order valence-corrected chi connectivity index (χ1v) is 7.22. The van der Waals surface area contributed by atoms with E-state index in [0.717, 1.165) is 25.1 Å². The van der Waals surface area contributed by atoms with E-state index in [9.17, 15) is 4.79 Å². The molecule has 1 saturated heterocycles. The molecule has 1 aliphatic rings. The van der Waals surface area contributed by atoms with Crippen LogP contribution in [0.3, 0.4) is 0 Å². The minimum absolute atomic E-state index is 0.447. The van der Waals surface area contributed by atoms with Gasteiger partial charge in [0.25, 0.3) is 0 Å². The predicted molar refractivity (Wildman–Crippen MR) is 67.5 cm³/mol. The molecule has 2 rings (SSSR count). The van der Waals surface area contributed by atoms with Gasteiger partial charge in [0.05, 0.1) is 6.54 Å². The lowest BCUT2D eigenvalue weighted by molar-refractivity contribution is -0.142. The molecule has 0 bridgehead atoms. The molecule has 1 aromatic rings. The zero-order valence-corrected chi connectivity index (χ0v) is 11.2. The summed E-state index contributed by atoms with van der Waals surface area (Å²) >= 11 is 1.67. The van der Waals surface area contributed by atoms with Crippen LogP contribution in [-0.2, 0) is 17.8 Å². The molecule has 7 heteroatoms. The van der Waals surface area contributed by atoms with E-state index >= 15 is 0 Å². The molecule has 1 N–H and O–H groups in total. The maximum absolute atomic E-state index is 11.1. The standard InChI is InChI=1S/C11H17N3O3S/c1-2-3-10-12-9(13-17-10)6-14-4-5-18-7-8(14)11(15)16/h8H,2-7H2,1H3,(H,15,16). The molecule has 0 spiro atoms. The van der Waals surface area contributed by atoms with Crippen molar-refractivity contribution in [3.8, 4) is 0 Å². The highest BCUT2D eigenvalue weighted by molar-refractivity contribution is 7.99. The topological polar surface area (TPSA) is 79.5 Å². The second kappa shape index (κ2) is 6.19. The van der Waals surface area contributed by atoms with E-state index in [1.54, 1.807) is 11.8 Å². The van der Waals surface area contributed by atoms with Crippen molar-refractivity contribution in [3.63, 3.8) is 0 Å². The van der Waals surface area contributed by atoms with E-state index in [2.05, 4.69) is 10.1 Å². The third-order valence-electron chi connectivity index (χ3n) is 2.84. The Balaban J connectivity index is 1.99. The highest BCUT2D eigenvalue weighted by Crippen LogP contribution is 2.18. The SMILES string of the molecule is CCCc1nc(CN2CCSCC2C(=O)O)no1. The van der Waals surface area contributed by atoms with E-state index in [-0.39, 0.29) is 0 Å². The highest BCUT2D eigenvalue weighted by Gasteiger charge is 2.29. The van der Waals surface area contributed by atoms with Gasteiger partial charge in [-0.1, -0.05) is 12.1 Å². The van der Waals surface area contributed by atoms with Gasteiger partial charge in [0.15, 0.2) is 5.82 Å². The Bertz CT molecular complexity index is 410. The third kappa shape index (κ3) is 3.23. The summed E-state index contributed by atoms with van der Waals surface area (Å²) in [5.41, 5.74) is 0. The second-order valence-electron chi connectivity index (χ2n) is 4.25. The summed E-state index contributed by atoms with van der Waals surface area (Å²) in [6, 6.07) is -0.447. The van der Waals surface area contributed by atoms with Crippen LogP contribution in [0.5, 0.6) is 0 Å². The highest BCUT2D eigenvalue weighted by atomic mass is 32.2. The van der Waals surface area contributed by atoms with Crippen molar-refractivity contribution in [3.05, 3.63) is 11.7 Å². The first-order valence-electron chi connectivity index (χ1n) is 6.06. The third-order valence-corrected chi connectivity index (χ3v) is 3.87. The van der Waals surface area contributed by atoms with Gasteiger partial charge in [-0.15, -0.1) is 0 Å². The zero-order chi connectivity index (χ0) is 13.0. The van der Waals surface area contributed by atoms with Crippen LogP contribution in [0.2, 0.25) is 0 Å². The van der Waals surface area contributed by atoms with Crippen molar-refractivity contribution in [2.45, 2.75) is 32.4 Å². The Hall–Kier alpha value is -1.08. The van der Waals surface area contributed by atoms with E-state index in [1.807, 2.05) is 11.8 Å². The van der Waals surface area contributed by atoms with Crippen molar-refractivity contribution in [2.24, 2.45) is 0 Å². The van der Waals surface area contributed by atoms with E-state index in [4.69, 9.17) is 9.63 Å². The van der Waals surface area contributed by atoms with E-state index < -0.39 is 12.0 Å². The van der Waals surface area contributed by atoms with Gasteiger partial charge in [-0.25, -0.2) is 0 Å². The van der Waals surface area contributed by atoms with Crippen molar-refractivity contribution < 1.29 is 14.4 Å². The summed E-state index contributed by atoms with van der Waals surface area (Å²) < 4.78 is 5.10. The maximum atomic E-state index is 11.1. The van der Waals surface area contributed by atoms with Crippen LogP contribution in [0.4, 0.5) is 0 Å². The molecular weight excluding hydrogens is 254 g/mol. The number of thioether (sulfide) groups is 1. The molecule has 0 aliphatic carbocycles. The fourth-order valence-corrected chi connectivity index (χ4v) is 3.01. The van der Waals surface area contributed by atoms with E-state index in [1.165, 1.54) is 0 Å². The molecule has 6 nitrogen and oxygen atoms in total. The van der Waals surface area contributed by atoms with Crippen molar-refractivity contribution >= 4 is 17.7 Å². The number of aromatic nitrogens is 2. The van der Waals surface area contributed by atoms with Crippen molar-refractivity contribution in [2.75, 3.05) is 18.1 Å². The second-order valence-corrected chi connectivity index (χ2v) is 5.40. The Morgan fingerprint density at radius 3 is 3.22 bits per heavy atom. The first kappa shape index (κ1) is 13.4. The number of nitrogens with zero attached hydrogens (tertiary/aromatic N) is 3. The number of aliphatic carboxylic acids is 1. The largest absolute Gasteiger partial charge is 0.480 e. The average Bonchev–Trinajstić information content (AvgIpc) is 2.77. The minimum atomic E-state index is -0.778. The molecule has 0 saturated carbocycles. The van der Waals surface area contributed by atoms with Gasteiger partial charge >= 0.3 is 5.97 Å². The first-order chi connectivity index (χ1) is 8.70. The number of aryl methyl sites for hydroxylation is 1. The van der Waals surface area contributed by atoms with Gasteiger partial charge in [-0.05, 0) is 6.42 Å². The van der Waals surface area contributed by atoms with Gasteiger partial charge in [-0.3, -0.25) is 9.69 Å². The Labute approximate surface area is 110 Å². The minimum Gasteiger partial charge on any atom is -0.480 e. The fraction of sp³-hybridized carbons (Fsp3) is 0.727. The molecule has 1 aromatic heterocycles. The van der Waals surface area contributed by atoms with Crippen LogP contribution in [0, 0.1) is 0 Å². The summed E-state index contributed by atoms with van der Waals surface area (Å²) in [5.74, 6) is 2.00. The quantitative estimate of drug-likeness (QED) is 0.856. The Morgan fingerprint density at radius 1 is 1.67 bits per heavy atom. The summed E-state index contributed by atoms with van der Waals surface area (Å²) in [6.45, 7) is 3.25. The van der Waals surface area contributed by atoms with Crippen LogP contribution < -0.4 is 0 Å². The normalized spacial score (nSPS) is 21.1. The van der Waals surface area contributed by atoms with Gasteiger partial charge in [0.2, 0.25) is 5.89 Å². The molecule has 1 atom stereocenters. The van der Waals surface area contributed by atoms with Gasteiger partial charge in [0.1, 0.15) is 6.04 Å². The lowest BCUT2D eigenvalue weighted by atomic mass is 10.2. The van der Waals surface area contributed by atoms with Gasteiger partial charge in [-0.2, -0.15) is 16.7 Å². The Kier molecular flexibility index (Phi) is 4.60. The summed E-state index contributed by atoms with van der Waals surface area (Å²) in [6.07, 6.45) is 1.73. The molecule has 0 radical (unpaired) electrons. The molecule has 0 amide bonds. The lowest BCUT2D eigenvalue weighted by Gasteiger charge is -2.31. The summed E-state index contributed by atoms with van der Waals surface area (Å²) in [4.78, 5) is 17.3. The molecule has 100 valence electrons. The van der Waals surface area contributed by atoms with Crippen LogP contribution in [0.15, 0.2) is 4.52 Å². The van der Waals surface area contributed by atoms with Crippen molar-refractivity contribution in [1.82, 2.24) is 15.0 Å². The number of carboxylic acid groups (broad SMARTS) is 1. The molecule has 18 heavy (non-hydrogen) atoms. The number of carboxylic acids is 1. The van der Waals surface area contributed by atoms with Crippen LogP contribution >= 0.6 is 11.8 Å². The zero-order valence-electron chi connectivity index (χ0n) is 10.3. The lowest BCUT2D eigenvalue weighted by Crippen LogP contribution is -2.46. The predicted octanol–water partition coefficient (Wildman–Crippen LogP) is 1.02. The van der Waals surface area contributed by atoms with E-state index in [0.29, 0.717) is 24.0 Å². The maximum Gasteiger partial charge on any atom is 0.321 e. The Morgan fingerprint density at radius 2 is 2.50 bits per heavy atom. The van der Waals surface area contributed by atoms with Crippen LogP contribution in [0.25, 0.3) is 0 Å². The molecule has 1 fully saturated rings. The summed E-state index contributed by atoms with van der Waals surface area (Å²) in [5, 5.41) is 13.1. The molecule has 2 heterocycles. The van der Waals surface area contributed by atoms with Gasteiger partial charge in [0, 0.05) is 24.5 Å².